The number of allylic oxidation sites excluding steroid dienone is 1. The molecule has 0 saturated carbocycles. The van der Waals surface area contributed by atoms with Crippen molar-refractivity contribution in [3.8, 4) is 0 Å². The molecule has 1 amide bonds. The summed E-state index contributed by atoms with van der Waals surface area (Å²) in [4.78, 5) is 74.1. The average Bonchev–Trinajstić information content (AvgIpc) is 3.94. The summed E-state index contributed by atoms with van der Waals surface area (Å²) in [5.74, 6) is -4.84. The van der Waals surface area contributed by atoms with Gasteiger partial charge < -0.3 is 60.0 Å². The number of rotatable bonds is 15. The number of methoxy groups -OCH3 is 1. The number of amides is 1. The third-order valence-electron chi connectivity index (χ3n) is 11.6. The molecular formula is C41H48N4O13. The van der Waals surface area contributed by atoms with E-state index in [-0.39, 0.29) is 43.8 Å². The Morgan fingerprint density at radius 2 is 1.60 bits per heavy atom. The number of ether oxygens (including phenoxy) is 3. The number of H-pyrrole nitrogens is 3. The Morgan fingerprint density at radius 3 is 2.22 bits per heavy atom. The van der Waals surface area contributed by atoms with Crippen LogP contribution in [0, 0.1) is 26.7 Å². The molecule has 1 fully saturated rings. The molecule has 9 N–H and O–H groups in total. The number of carbonyl (C=O) groups is 5. The van der Waals surface area contributed by atoms with E-state index in [9.17, 15) is 49.5 Å². The van der Waals surface area contributed by atoms with E-state index in [1.807, 2.05) is 0 Å². The smallest absolute Gasteiger partial charge is 0.317 e. The minimum absolute atomic E-state index is 0.0497. The highest BCUT2D eigenvalue weighted by Crippen LogP contribution is 2.47. The molecule has 0 spiro atoms. The molecule has 2 aliphatic heterocycles. The topological polar surface area (TPSA) is 274 Å². The summed E-state index contributed by atoms with van der Waals surface area (Å²) in [6.07, 6.45) is -3.16. The van der Waals surface area contributed by atoms with E-state index in [0.717, 1.165) is 0 Å². The maximum Gasteiger partial charge on any atom is 0.317 e. The van der Waals surface area contributed by atoms with Crippen molar-refractivity contribution in [3.05, 3.63) is 97.0 Å². The van der Waals surface area contributed by atoms with Gasteiger partial charge in [-0.1, -0.05) is 12.7 Å². The minimum Gasteiger partial charge on any atom is -0.481 e. The third-order valence-corrected chi connectivity index (χ3v) is 11.6. The van der Waals surface area contributed by atoms with Gasteiger partial charge >= 0.3 is 11.9 Å². The average molecular weight is 805 g/mol. The SMILES string of the molecule is C=CC1=C(C)/C(=C/c2[nH]c([C@@H]3c4[nH]c(Cc5[nH]c(C=O)c(C)c5CCO[C@@H]5O[C@H](CO)[C@@H](O)[C@H](O)[C@H]5O)c(C)c4C(=O)[C@H]3C(=O)OC)c(CCC(=O)O)c2C)NC1=O. The molecule has 0 unspecified atom stereocenters. The first-order chi connectivity index (χ1) is 27.6. The number of carbonyl (C=O) groups excluding carboxylic acids is 4. The van der Waals surface area contributed by atoms with Crippen molar-refractivity contribution in [1.29, 1.82) is 0 Å². The number of carboxylic acids is 1. The molecule has 310 valence electrons. The van der Waals surface area contributed by atoms with Crippen LogP contribution in [0.2, 0.25) is 0 Å². The van der Waals surface area contributed by atoms with E-state index in [1.54, 1.807) is 33.8 Å². The molecule has 3 aromatic rings. The zero-order valence-electron chi connectivity index (χ0n) is 32.7. The van der Waals surface area contributed by atoms with Gasteiger partial charge in [-0.05, 0) is 80.0 Å². The fourth-order valence-corrected chi connectivity index (χ4v) is 8.32. The van der Waals surface area contributed by atoms with Crippen LogP contribution in [0.25, 0.3) is 6.08 Å². The highest BCUT2D eigenvalue weighted by Gasteiger charge is 2.50. The van der Waals surface area contributed by atoms with E-state index in [1.165, 1.54) is 13.2 Å². The zero-order valence-corrected chi connectivity index (χ0v) is 32.7. The van der Waals surface area contributed by atoms with Gasteiger partial charge in [-0.3, -0.25) is 24.0 Å². The second-order valence-electron chi connectivity index (χ2n) is 14.8. The van der Waals surface area contributed by atoms with E-state index in [2.05, 4.69) is 26.8 Å². The summed E-state index contributed by atoms with van der Waals surface area (Å²) in [6.45, 7) is 10.1. The van der Waals surface area contributed by atoms with Gasteiger partial charge in [0.25, 0.3) is 5.91 Å². The van der Waals surface area contributed by atoms with Gasteiger partial charge in [-0.2, -0.15) is 0 Å². The highest BCUT2D eigenvalue weighted by atomic mass is 16.7. The Morgan fingerprint density at radius 1 is 0.897 bits per heavy atom. The summed E-state index contributed by atoms with van der Waals surface area (Å²) in [5.41, 5.74) is 7.97. The first-order valence-electron chi connectivity index (χ1n) is 18.8. The number of hydrogen-bond acceptors (Lipinski definition) is 12. The molecular weight excluding hydrogens is 756 g/mol. The van der Waals surface area contributed by atoms with Crippen LogP contribution in [0.3, 0.4) is 0 Å². The number of ketones is 1. The summed E-state index contributed by atoms with van der Waals surface area (Å²) in [7, 11) is 1.19. The van der Waals surface area contributed by atoms with Crippen molar-refractivity contribution in [3.63, 3.8) is 0 Å². The van der Waals surface area contributed by atoms with Crippen LogP contribution in [0.5, 0.6) is 0 Å². The lowest BCUT2D eigenvalue weighted by molar-refractivity contribution is -0.300. The van der Waals surface area contributed by atoms with Crippen LogP contribution in [-0.2, 0) is 47.9 Å². The van der Waals surface area contributed by atoms with Gasteiger partial charge in [0.1, 0.15) is 30.3 Å². The molecule has 3 aromatic heterocycles. The van der Waals surface area contributed by atoms with Gasteiger partial charge in [-0.15, -0.1) is 0 Å². The van der Waals surface area contributed by atoms with E-state index in [4.69, 9.17) is 14.2 Å². The summed E-state index contributed by atoms with van der Waals surface area (Å²) in [6, 6.07) is 0. The van der Waals surface area contributed by atoms with Crippen molar-refractivity contribution in [2.75, 3.05) is 20.3 Å². The molecule has 3 aliphatic rings. The number of nitrogens with one attached hydrogen (secondary N) is 4. The van der Waals surface area contributed by atoms with Crippen molar-refractivity contribution in [2.45, 2.75) is 90.0 Å². The summed E-state index contributed by atoms with van der Waals surface area (Å²) >= 11 is 0. The molecule has 5 heterocycles. The molecule has 0 bridgehead atoms. The van der Waals surface area contributed by atoms with Crippen LogP contribution in [-0.4, -0.2) is 121 Å². The number of aromatic nitrogens is 3. The van der Waals surface area contributed by atoms with E-state index >= 15 is 0 Å². The Labute approximate surface area is 332 Å². The monoisotopic (exact) mass is 804 g/mol. The molecule has 1 saturated heterocycles. The van der Waals surface area contributed by atoms with Crippen LogP contribution in [0.15, 0.2) is 29.5 Å². The summed E-state index contributed by atoms with van der Waals surface area (Å²) < 4.78 is 16.3. The Balaban J connectivity index is 1.37. The Kier molecular flexibility index (Phi) is 12.2. The van der Waals surface area contributed by atoms with Crippen LogP contribution < -0.4 is 5.32 Å². The Bertz CT molecular complexity index is 2240. The van der Waals surface area contributed by atoms with Gasteiger partial charge in [0.2, 0.25) is 0 Å². The molecule has 58 heavy (non-hydrogen) atoms. The quantitative estimate of drug-likeness (QED) is 0.0599. The number of aldehydes is 1. The van der Waals surface area contributed by atoms with E-state index in [0.29, 0.717) is 85.1 Å². The lowest BCUT2D eigenvalue weighted by Gasteiger charge is -2.39. The number of aliphatic hydroxyl groups is 4. The van der Waals surface area contributed by atoms with Gasteiger partial charge in [0.15, 0.2) is 18.4 Å². The van der Waals surface area contributed by atoms with Crippen molar-refractivity contribution in [1.82, 2.24) is 20.3 Å². The largest absolute Gasteiger partial charge is 0.481 e. The predicted molar refractivity (Wildman–Crippen MR) is 205 cm³/mol. The number of Topliss-reactive ketones (excluding diaryl/α,β-unsaturated/α-hetero) is 1. The first kappa shape index (κ1) is 42.2. The van der Waals surface area contributed by atoms with Crippen LogP contribution in [0.4, 0.5) is 0 Å². The maximum absolute atomic E-state index is 14.3. The molecule has 1 aliphatic carbocycles. The number of aliphatic hydroxyl groups excluding tert-OH is 4. The molecule has 0 aromatic carbocycles. The number of hydrogen-bond donors (Lipinski definition) is 9. The first-order valence-corrected chi connectivity index (χ1v) is 18.8. The molecule has 17 nitrogen and oxygen atoms in total. The number of esters is 1. The number of fused-ring (bicyclic) bond motifs is 1. The predicted octanol–water partition coefficient (Wildman–Crippen LogP) is 1.47. The van der Waals surface area contributed by atoms with E-state index < -0.39 is 66.9 Å². The van der Waals surface area contributed by atoms with Gasteiger partial charge in [-0.25, -0.2) is 0 Å². The fraction of sp³-hybridized carbons (Fsp3) is 0.439. The number of aliphatic carboxylic acids is 1. The molecule has 6 rings (SSSR count). The maximum atomic E-state index is 14.3. The fourth-order valence-electron chi connectivity index (χ4n) is 8.32. The molecule has 17 heteroatoms. The van der Waals surface area contributed by atoms with Gasteiger partial charge in [0.05, 0.1) is 31.9 Å². The zero-order chi connectivity index (χ0) is 42.3. The highest BCUT2D eigenvalue weighted by molar-refractivity contribution is 6.14. The normalized spacial score (nSPS) is 25.1. The second kappa shape index (κ2) is 16.8. The number of aromatic amines is 3. The third kappa shape index (κ3) is 7.40. The van der Waals surface area contributed by atoms with Crippen LogP contribution >= 0.6 is 0 Å². The molecule has 7 atom stereocenters. The second-order valence-corrected chi connectivity index (χ2v) is 14.8. The van der Waals surface area contributed by atoms with Gasteiger partial charge in [0, 0.05) is 58.1 Å². The summed E-state index contributed by atoms with van der Waals surface area (Å²) in [5, 5.41) is 52.8. The lowest BCUT2D eigenvalue weighted by atomic mass is 9.87. The molecule has 0 radical (unpaired) electrons. The van der Waals surface area contributed by atoms with Crippen molar-refractivity contribution in [2.24, 2.45) is 5.92 Å². The Hall–Kier alpha value is -5.43. The number of carboxylic acid groups (broad SMARTS) is 1. The van der Waals surface area contributed by atoms with Crippen LogP contribution in [0.1, 0.15) is 96.4 Å². The lowest BCUT2D eigenvalue weighted by Crippen LogP contribution is -2.59. The standard InChI is InChI=1S/C41H48N4O13/c1-7-20-16(2)24(45-39(20)54)12-23-18(4)22(8-9-29(48)49)33(43-23)31-32(40(55)56-6)36(51)30-19(5)25(44-34(30)31)13-26-21(17(3)27(14-46)42-26)10-11-57-41-38(53)37(52)35(50)28(15-47)58-41/h7,12,14,28,31-32,35,37-38,41-44,47,50,52-53H,1,8-11,13,15H2,2-6H3,(H,45,54)(H,48,49)/b24-12-/t28-,31-,32+,35-,37+,38-,41-/m1/s1. The minimum atomic E-state index is -1.61. The van der Waals surface area contributed by atoms with Crippen molar-refractivity contribution >= 4 is 36.0 Å². The van der Waals surface area contributed by atoms with Crippen molar-refractivity contribution < 1.29 is 63.7 Å².